The lowest BCUT2D eigenvalue weighted by atomic mass is 10.3. The zero-order valence-electron chi connectivity index (χ0n) is 8.64. The van der Waals surface area contributed by atoms with Gasteiger partial charge in [0.2, 0.25) is 0 Å². The molecular weight excluding hydrogens is 302 g/mol. The van der Waals surface area contributed by atoms with Crippen molar-refractivity contribution in [2.24, 2.45) is 0 Å². The summed E-state index contributed by atoms with van der Waals surface area (Å²) in [6.07, 6.45) is 1.75. The fourth-order valence-electron chi connectivity index (χ4n) is 1.70. The Morgan fingerprint density at radius 2 is 2.06 bits per heavy atom. The molecule has 0 aliphatic carbocycles. The maximum Gasteiger partial charge on any atom is 0.164 e. The number of hydrogen-bond donors (Lipinski definition) is 0. The van der Waals surface area contributed by atoms with E-state index in [4.69, 9.17) is 11.6 Å². The van der Waals surface area contributed by atoms with Crippen molar-refractivity contribution < 1.29 is 0 Å². The summed E-state index contributed by atoms with van der Waals surface area (Å²) in [6.45, 7) is 0. The van der Waals surface area contributed by atoms with Gasteiger partial charge in [-0.15, -0.1) is 0 Å². The maximum atomic E-state index is 5.98. The molecule has 0 bridgehead atoms. The standard InChI is InChI=1S/C12H7BrClN3/c13-11-10-5-2-6-15-12(10)17(16-11)9-4-1-3-8(14)7-9/h1-7H. The minimum absolute atomic E-state index is 0.679. The molecule has 0 spiro atoms. The normalized spacial score (nSPS) is 10.9. The molecule has 2 aromatic heterocycles. The first-order chi connectivity index (χ1) is 8.25. The van der Waals surface area contributed by atoms with E-state index in [1.807, 2.05) is 36.4 Å². The summed E-state index contributed by atoms with van der Waals surface area (Å²) >= 11 is 9.41. The second kappa shape index (κ2) is 4.13. The molecule has 3 nitrogen and oxygen atoms in total. The smallest absolute Gasteiger partial charge is 0.164 e. The highest BCUT2D eigenvalue weighted by Gasteiger charge is 2.10. The van der Waals surface area contributed by atoms with E-state index in [0.717, 1.165) is 21.3 Å². The van der Waals surface area contributed by atoms with Gasteiger partial charge >= 0.3 is 0 Å². The molecular formula is C12H7BrClN3. The van der Waals surface area contributed by atoms with E-state index in [1.54, 1.807) is 10.9 Å². The third-order valence-corrected chi connectivity index (χ3v) is 3.27. The molecule has 0 fully saturated rings. The first-order valence-electron chi connectivity index (χ1n) is 5.01. The summed E-state index contributed by atoms with van der Waals surface area (Å²) in [7, 11) is 0. The van der Waals surface area contributed by atoms with Crippen LogP contribution in [0.3, 0.4) is 0 Å². The number of benzene rings is 1. The average molecular weight is 309 g/mol. The van der Waals surface area contributed by atoms with Crippen molar-refractivity contribution in [1.29, 1.82) is 0 Å². The van der Waals surface area contributed by atoms with Gasteiger partial charge in [0.05, 0.1) is 11.1 Å². The molecule has 84 valence electrons. The summed E-state index contributed by atoms with van der Waals surface area (Å²) in [6, 6.07) is 11.4. The lowest BCUT2D eigenvalue weighted by Gasteiger charge is -2.02. The van der Waals surface area contributed by atoms with Crippen LogP contribution in [0, 0.1) is 0 Å². The highest BCUT2D eigenvalue weighted by atomic mass is 79.9. The SMILES string of the molecule is Clc1cccc(-n2nc(Br)c3cccnc32)c1. The lowest BCUT2D eigenvalue weighted by molar-refractivity contribution is 0.886. The number of pyridine rings is 1. The van der Waals surface area contributed by atoms with Gasteiger partial charge in [-0.25, -0.2) is 9.67 Å². The maximum absolute atomic E-state index is 5.98. The fourth-order valence-corrected chi connectivity index (χ4v) is 2.36. The van der Waals surface area contributed by atoms with Gasteiger partial charge in [0.1, 0.15) is 4.60 Å². The van der Waals surface area contributed by atoms with Crippen LogP contribution < -0.4 is 0 Å². The number of nitrogens with zero attached hydrogens (tertiary/aromatic N) is 3. The van der Waals surface area contributed by atoms with Crippen LogP contribution in [0.15, 0.2) is 47.2 Å². The molecule has 17 heavy (non-hydrogen) atoms. The van der Waals surface area contributed by atoms with Gasteiger partial charge in [0.25, 0.3) is 0 Å². The van der Waals surface area contributed by atoms with Gasteiger partial charge in [0, 0.05) is 11.2 Å². The Kier molecular flexibility index (Phi) is 2.61. The van der Waals surface area contributed by atoms with Crippen molar-refractivity contribution in [1.82, 2.24) is 14.8 Å². The molecule has 0 atom stereocenters. The Bertz CT molecular complexity index is 693. The van der Waals surface area contributed by atoms with Crippen LogP contribution in [-0.4, -0.2) is 14.8 Å². The summed E-state index contributed by atoms with van der Waals surface area (Å²) in [4.78, 5) is 4.34. The Morgan fingerprint density at radius 3 is 2.88 bits per heavy atom. The number of hydrogen-bond acceptors (Lipinski definition) is 2. The summed E-state index contributed by atoms with van der Waals surface area (Å²) in [5.41, 5.74) is 1.70. The molecule has 0 saturated heterocycles. The molecule has 3 rings (SSSR count). The van der Waals surface area contributed by atoms with Crippen LogP contribution in [0.4, 0.5) is 0 Å². The molecule has 5 heteroatoms. The van der Waals surface area contributed by atoms with Gasteiger partial charge in [0.15, 0.2) is 5.65 Å². The predicted molar refractivity (Wildman–Crippen MR) is 71.6 cm³/mol. The molecule has 3 aromatic rings. The van der Waals surface area contributed by atoms with Crippen molar-refractivity contribution >= 4 is 38.6 Å². The molecule has 1 aromatic carbocycles. The van der Waals surface area contributed by atoms with Crippen molar-refractivity contribution in [3.8, 4) is 5.69 Å². The highest BCUT2D eigenvalue weighted by molar-refractivity contribution is 9.10. The molecule has 0 aliphatic rings. The molecule has 0 aliphatic heterocycles. The first-order valence-corrected chi connectivity index (χ1v) is 6.18. The molecule has 0 unspecified atom stereocenters. The monoisotopic (exact) mass is 307 g/mol. The van der Waals surface area contributed by atoms with Crippen LogP contribution in [0.2, 0.25) is 5.02 Å². The Balaban J connectivity index is 2.31. The number of halogens is 2. The topological polar surface area (TPSA) is 30.7 Å². The molecule has 0 radical (unpaired) electrons. The third-order valence-electron chi connectivity index (χ3n) is 2.45. The largest absolute Gasteiger partial charge is 0.236 e. The van der Waals surface area contributed by atoms with Crippen molar-refractivity contribution in [3.05, 3.63) is 52.2 Å². The first kappa shape index (κ1) is 10.7. The molecule has 0 amide bonds. The van der Waals surface area contributed by atoms with E-state index in [1.165, 1.54) is 0 Å². The number of fused-ring (bicyclic) bond motifs is 1. The average Bonchev–Trinajstić information content (AvgIpc) is 2.68. The second-order valence-corrected chi connectivity index (χ2v) is 4.74. The van der Waals surface area contributed by atoms with Crippen LogP contribution in [0.5, 0.6) is 0 Å². The highest BCUT2D eigenvalue weighted by Crippen LogP contribution is 2.24. The number of aromatic nitrogens is 3. The minimum atomic E-state index is 0.679. The second-order valence-electron chi connectivity index (χ2n) is 3.56. The van der Waals surface area contributed by atoms with Gasteiger partial charge in [-0.05, 0) is 46.3 Å². The fraction of sp³-hybridized carbons (Fsp3) is 0. The lowest BCUT2D eigenvalue weighted by Crippen LogP contribution is -1.96. The Morgan fingerprint density at radius 1 is 1.18 bits per heavy atom. The third kappa shape index (κ3) is 1.83. The number of rotatable bonds is 1. The quantitative estimate of drug-likeness (QED) is 0.684. The van der Waals surface area contributed by atoms with Crippen LogP contribution >= 0.6 is 27.5 Å². The zero-order valence-corrected chi connectivity index (χ0v) is 11.0. The molecule has 0 saturated carbocycles. The zero-order chi connectivity index (χ0) is 11.8. The van der Waals surface area contributed by atoms with Crippen LogP contribution in [0.1, 0.15) is 0 Å². The Hall–Kier alpha value is -1.39. The van der Waals surface area contributed by atoms with Crippen molar-refractivity contribution in [3.63, 3.8) is 0 Å². The van der Waals surface area contributed by atoms with E-state index in [0.29, 0.717) is 5.02 Å². The van der Waals surface area contributed by atoms with Gasteiger partial charge in [-0.2, -0.15) is 5.10 Å². The van der Waals surface area contributed by atoms with Crippen molar-refractivity contribution in [2.75, 3.05) is 0 Å². The van der Waals surface area contributed by atoms with Gasteiger partial charge in [-0.3, -0.25) is 0 Å². The van der Waals surface area contributed by atoms with Gasteiger partial charge in [-0.1, -0.05) is 17.7 Å². The summed E-state index contributed by atoms with van der Waals surface area (Å²) in [5.74, 6) is 0. The van der Waals surface area contributed by atoms with Crippen LogP contribution in [-0.2, 0) is 0 Å². The molecule has 2 heterocycles. The van der Waals surface area contributed by atoms with Gasteiger partial charge < -0.3 is 0 Å². The van der Waals surface area contributed by atoms with E-state index in [9.17, 15) is 0 Å². The van der Waals surface area contributed by atoms with E-state index < -0.39 is 0 Å². The van der Waals surface area contributed by atoms with E-state index in [-0.39, 0.29) is 0 Å². The minimum Gasteiger partial charge on any atom is -0.236 e. The van der Waals surface area contributed by atoms with E-state index in [2.05, 4.69) is 26.0 Å². The van der Waals surface area contributed by atoms with Crippen molar-refractivity contribution in [2.45, 2.75) is 0 Å². The summed E-state index contributed by atoms with van der Waals surface area (Å²) < 4.78 is 2.55. The summed E-state index contributed by atoms with van der Waals surface area (Å²) in [5, 5.41) is 6.07. The predicted octanol–water partition coefficient (Wildman–Crippen LogP) is 3.84. The Labute approximate surface area is 111 Å². The van der Waals surface area contributed by atoms with Crippen LogP contribution in [0.25, 0.3) is 16.7 Å². The molecule has 0 N–H and O–H groups in total. The van der Waals surface area contributed by atoms with E-state index >= 15 is 0 Å².